The van der Waals surface area contributed by atoms with Gasteiger partial charge < -0.3 is 9.80 Å². The van der Waals surface area contributed by atoms with E-state index in [2.05, 4.69) is 4.90 Å². The Morgan fingerprint density at radius 1 is 0.966 bits per heavy atom. The molecule has 0 N–H and O–H groups in total. The molecule has 2 amide bonds. The van der Waals surface area contributed by atoms with E-state index < -0.39 is 0 Å². The minimum atomic E-state index is -0.271. The molecule has 2 aromatic rings. The zero-order valence-electron chi connectivity index (χ0n) is 16.5. The molecule has 0 spiro atoms. The highest BCUT2D eigenvalue weighted by Crippen LogP contribution is 2.26. The maximum Gasteiger partial charge on any atom is 0.228 e. The van der Waals surface area contributed by atoms with Gasteiger partial charge in [0.25, 0.3) is 0 Å². The van der Waals surface area contributed by atoms with Gasteiger partial charge in [0.15, 0.2) is 0 Å². The van der Waals surface area contributed by atoms with E-state index in [9.17, 15) is 14.0 Å². The molecule has 6 heteroatoms. The molecule has 0 radical (unpaired) electrons. The van der Waals surface area contributed by atoms with Crippen LogP contribution >= 0.6 is 0 Å². The fourth-order valence-corrected chi connectivity index (χ4v) is 4.16. The van der Waals surface area contributed by atoms with Crippen molar-refractivity contribution in [1.82, 2.24) is 9.80 Å². The molecule has 2 aliphatic heterocycles. The zero-order chi connectivity index (χ0) is 20.2. The number of benzene rings is 2. The number of piperazine rings is 1. The largest absolute Gasteiger partial charge is 0.340 e. The Kier molecular flexibility index (Phi) is 5.90. The van der Waals surface area contributed by atoms with E-state index in [1.807, 2.05) is 47.4 Å². The van der Waals surface area contributed by atoms with Crippen molar-refractivity contribution >= 4 is 17.5 Å². The van der Waals surface area contributed by atoms with Gasteiger partial charge in [0, 0.05) is 51.4 Å². The number of anilines is 1. The lowest BCUT2D eigenvalue weighted by atomic mass is 10.1. The van der Waals surface area contributed by atoms with Crippen molar-refractivity contribution in [3.05, 3.63) is 66.0 Å². The van der Waals surface area contributed by atoms with Crippen LogP contribution in [0.4, 0.5) is 10.1 Å². The van der Waals surface area contributed by atoms with E-state index in [1.54, 1.807) is 11.0 Å². The van der Waals surface area contributed by atoms with Crippen LogP contribution in [0.1, 0.15) is 12.0 Å². The molecule has 2 aromatic carbocycles. The Balaban J connectivity index is 1.27. The molecule has 2 fully saturated rings. The highest BCUT2D eigenvalue weighted by molar-refractivity contribution is 6.00. The van der Waals surface area contributed by atoms with Crippen LogP contribution in [-0.4, -0.2) is 60.9 Å². The Morgan fingerprint density at radius 2 is 1.66 bits per heavy atom. The second kappa shape index (κ2) is 8.74. The van der Waals surface area contributed by atoms with E-state index in [0.717, 1.165) is 30.9 Å². The molecule has 2 heterocycles. The van der Waals surface area contributed by atoms with Crippen molar-refractivity contribution in [2.45, 2.75) is 12.8 Å². The van der Waals surface area contributed by atoms with Crippen LogP contribution in [-0.2, 0) is 16.0 Å². The third kappa shape index (κ3) is 4.48. The van der Waals surface area contributed by atoms with Crippen molar-refractivity contribution in [2.24, 2.45) is 5.92 Å². The average molecular weight is 395 g/mol. The lowest BCUT2D eigenvalue weighted by Gasteiger charge is -2.36. The van der Waals surface area contributed by atoms with Crippen molar-refractivity contribution in [1.29, 1.82) is 0 Å². The third-order valence-corrected chi connectivity index (χ3v) is 5.88. The van der Waals surface area contributed by atoms with Gasteiger partial charge in [0.1, 0.15) is 5.82 Å². The van der Waals surface area contributed by atoms with Crippen molar-refractivity contribution < 1.29 is 14.0 Å². The summed E-state index contributed by atoms with van der Waals surface area (Å²) in [5, 5.41) is 0. The first-order chi connectivity index (χ1) is 14.1. The molecule has 4 rings (SSSR count). The lowest BCUT2D eigenvalue weighted by Crippen LogP contribution is -2.51. The second-order valence-corrected chi connectivity index (χ2v) is 7.75. The maximum absolute atomic E-state index is 13.8. The number of hydrogen-bond donors (Lipinski definition) is 0. The number of halogens is 1. The molecule has 5 nitrogen and oxygen atoms in total. The fraction of sp³-hybridized carbons (Fsp3) is 0.391. The molecule has 2 aliphatic rings. The monoisotopic (exact) mass is 395 g/mol. The SMILES string of the molecule is O=C(C1CC(=O)N(c2ccccc2)C1)N1CCN(CCc2ccccc2F)CC1. The normalized spacial score (nSPS) is 20.3. The molecule has 0 saturated carbocycles. The quantitative estimate of drug-likeness (QED) is 0.782. The van der Waals surface area contributed by atoms with Gasteiger partial charge in [0.2, 0.25) is 11.8 Å². The van der Waals surface area contributed by atoms with Crippen molar-refractivity contribution in [3.8, 4) is 0 Å². The predicted molar refractivity (Wildman–Crippen MR) is 110 cm³/mol. The highest BCUT2D eigenvalue weighted by Gasteiger charge is 2.37. The number of rotatable bonds is 5. The molecule has 0 bridgehead atoms. The molecular weight excluding hydrogens is 369 g/mol. The summed E-state index contributed by atoms with van der Waals surface area (Å²) in [5.74, 6) is -0.341. The summed E-state index contributed by atoms with van der Waals surface area (Å²) >= 11 is 0. The Labute approximate surface area is 170 Å². The van der Waals surface area contributed by atoms with Gasteiger partial charge in [0.05, 0.1) is 5.92 Å². The van der Waals surface area contributed by atoms with Gasteiger partial charge in [-0.2, -0.15) is 0 Å². The number of carbonyl (C=O) groups is 2. The molecule has 29 heavy (non-hydrogen) atoms. The lowest BCUT2D eigenvalue weighted by molar-refractivity contribution is -0.137. The summed E-state index contributed by atoms with van der Waals surface area (Å²) in [6.07, 6.45) is 0.949. The van der Waals surface area contributed by atoms with Gasteiger partial charge in [-0.1, -0.05) is 36.4 Å². The van der Waals surface area contributed by atoms with E-state index >= 15 is 0 Å². The average Bonchev–Trinajstić information content (AvgIpc) is 3.15. The van der Waals surface area contributed by atoms with Gasteiger partial charge >= 0.3 is 0 Å². The van der Waals surface area contributed by atoms with Crippen LogP contribution < -0.4 is 4.90 Å². The first kappa shape index (κ1) is 19.6. The van der Waals surface area contributed by atoms with Crippen LogP contribution in [0.25, 0.3) is 0 Å². The van der Waals surface area contributed by atoms with Crippen LogP contribution in [0.3, 0.4) is 0 Å². The number of hydrogen-bond acceptors (Lipinski definition) is 3. The standard InChI is InChI=1S/C23H26FN3O2/c24-21-9-5-4-6-18(21)10-11-25-12-14-26(15-13-25)23(29)19-16-22(28)27(17-19)20-7-2-1-3-8-20/h1-9,19H,10-17H2. The summed E-state index contributed by atoms with van der Waals surface area (Å²) in [4.78, 5) is 31.2. The van der Waals surface area contributed by atoms with Crippen molar-refractivity contribution in [3.63, 3.8) is 0 Å². The van der Waals surface area contributed by atoms with Crippen molar-refractivity contribution in [2.75, 3.05) is 44.2 Å². The minimum absolute atomic E-state index is 0.0121. The summed E-state index contributed by atoms with van der Waals surface area (Å²) in [7, 11) is 0. The van der Waals surface area contributed by atoms with E-state index in [4.69, 9.17) is 0 Å². The number of para-hydroxylation sites is 1. The highest BCUT2D eigenvalue weighted by atomic mass is 19.1. The molecule has 152 valence electrons. The summed E-state index contributed by atoms with van der Waals surface area (Å²) in [6.45, 7) is 4.12. The third-order valence-electron chi connectivity index (χ3n) is 5.88. The predicted octanol–water partition coefficient (Wildman–Crippen LogP) is 2.57. The van der Waals surface area contributed by atoms with Gasteiger partial charge in [-0.15, -0.1) is 0 Å². The molecule has 1 unspecified atom stereocenters. The number of nitrogens with zero attached hydrogens (tertiary/aromatic N) is 3. The van der Waals surface area contributed by atoms with E-state index in [0.29, 0.717) is 26.1 Å². The van der Waals surface area contributed by atoms with Crippen LogP contribution in [0.15, 0.2) is 54.6 Å². The van der Waals surface area contributed by atoms with Gasteiger partial charge in [-0.25, -0.2) is 4.39 Å². The Morgan fingerprint density at radius 3 is 2.38 bits per heavy atom. The molecule has 0 aliphatic carbocycles. The molecule has 1 atom stereocenters. The first-order valence-electron chi connectivity index (χ1n) is 10.2. The van der Waals surface area contributed by atoms with Crippen LogP contribution in [0.2, 0.25) is 0 Å². The fourth-order valence-electron chi connectivity index (χ4n) is 4.16. The Hall–Kier alpha value is -2.73. The van der Waals surface area contributed by atoms with Crippen LogP contribution in [0, 0.1) is 11.7 Å². The number of amides is 2. The second-order valence-electron chi connectivity index (χ2n) is 7.75. The smallest absolute Gasteiger partial charge is 0.228 e. The first-order valence-corrected chi connectivity index (χ1v) is 10.2. The molecular formula is C23H26FN3O2. The van der Waals surface area contributed by atoms with Gasteiger partial charge in [-0.05, 0) is 30.2 Å². The minimum Gasteiger partial charge on any atom is -0.340 e. The molecule has 0 aromatic heterocycles. The summed E-state index contributed by atoms with van der Waals surface area (Å²) < 4.78 is 13.8. The van der Waals surface area contributed by atoms with E-state index in [1.165, 1.54) is 6.07 Å². The maximum atomic E-state index is 13.8. The topological polar surface area (TPSA) is 43.9 Å². The zero-order valence-corrected chi connectivity index (χ0v) is 16.5. The molecule has 2 saturated heterocycles. The van der Waals surface area contributed by atoms with Crippen LogP contribution in [0.5, 0.6) is 0 Å². The summed E-state index contributed by atoms with van der Waals surface area (Å²) in [6, 6.07) is 16.4. The van der Waals surface area contributed by atoms with E-state index in [-0.39, 0.29) is 30.0 Å². The number of carbonyl (C=O) groups excluding carboxylic acids is 2. The Bertz CT molecular complexity index is 865. The summed E-state index contributed by atoms with van der Waals surface area (Å²) in [5.41, 5.74) is 1.59. The van der Waals surface area contributed by atoms with Gasteiger partial charge in [-0.3, -0.25) is 14.5 Å².